The fraction of sp³-hybridized carbons (Fsp3) is 0.385. The normalized spacial score (nSPS) is 15.9. The third kappa shape index (κ3) is 4.50. The number of benzene rings is 2. The van der Waals surface area contributed by atoms with E-state index >= 15 is 0 Å². The maximum Gasteiger partial charge on any atom is 0.251 e. The number of amides is 2. The van der Waals surface area contributed by atoms with E-state index in [0.29, 0.717) is 24.6 Å². The van der Waals surface area contributed by atoms with E-state index in [9.17, 15) is 9.59 Å². The zero-order chi connectivity index (χ0) is 22.0. The average Bonchev–Trinajstić information content (AvgIpc) is 3.21. The molecule has 1 aliphatic rings. The summed E-state index contributed by atoms with van der Waals surface area (Å²) in [5.41, 5.74) is 4.19. The van der Waals surface area contributed by atoms with Gasteiger partial charge < -0.3 is 15.2 Å². The summed E-state index contributed by atoms with van der Waals surface area (Å²) in [6.45, 7) is 7.38. The number of nitrogens with zero attached hydrogens (tertiary/aromatic N) is 1. The second kappa shape index (κ2) is 8.96. The Kier molecular flexibility index (Phi) is 6.12. The third-order valence-corrected chi connectivity index (χ3v) is 6.40. The van der Waals surface area contributed by atoms with Crippen molar-refractivity contribution in [3.05, 3.63) is 71.4 Å². The Morgan fingerprint density at radius 2 is 1.71 bits per heavy atom. The topological polar surface area (TPSA) is 65.2 Å². The van der Waals surface area contributed by atoms with Gasteiger partial charge in [0.05, 0.1) is 0 Å². The lowest BCUT2D eigenvalue weighted by atomic mass is 9.88. The van der Waals surface area contributed by atoms with Gasteiger partial charge in [0.2, 0.25) is 5.91 Å². The van der Waals surface area contributed by atoms with Gasteiger partial charge in [0.25, 0.3) is 5.91 Å². The van der Waals surface area contributed by atoms with Gasteiger partial charge in [-0.2, -0.15) is 0 Å². The molecule has 0 saturated carbocycles. The monoisotopic (exact) mass is 417 g/mol. The predicted octanol–water partition coefficient (Wildman–Crippen LogP) is 4.64. The molecule has 2 aromatic carbocycles. The van der Waals surface area contributed by atoms with Crippen LogP contribution in [0.1, 0.15) is 54.1 Å². The van der Waals surface area contributed by atoms with Crippen molar-refractivity contribution in [1.29, 1.82) is 0 Å². The van der Waals surface area contributed by atoms with Crippen LogP contribution in [0.3, 0.4) is 0 Å². The van der Waals surface area contributed by atoms with Gasteiger partial charge in [0.1, 0.15) is 6.04 Å². The predicted molar refractivity (Wildman–Crippen MR) is 124 cm³/mol. The van der Waals surface area contributed by atoms with E-state index in [2.05, 4.69) is 34.7 Å². The van der Waals surface area contributed by atoms with E-state index in [0.717, 1.165) is 23.9 Å². The molecule has 1 unspecified atom stereocenters. The molecule has 1 fully saturated rings. The third-order valence-electron chi connectivity index (χ3n) is 6.40. The first kappa shape index (κ1) is 21.2. The smallest absolute Gasteiger partial charge is 0.251 e. The number of carbonyl (C=O) groups is 2. The maximum absolute atomic E-state index is 13.3. The Morgan fingerprint density at radius 1 is 1.03 bits per heavy atom. The Morgan fingerprint density at radius 3 is 2.39 bits per heavy atom. The highest BCUT2D eigenvalue weighted by molar-refractivity contribution is 5.97. The summed E-state index contributed by atoms with van der Waals surface area (Å²) in [5.74, 6) is 0.293. The van der Waals surface area contributed by atoms with E-state index in [1.807, 2.05) is 43.9 Å². The molecule has 0 aliphatic carbocycles. The zero-order valence-electron chi connectivity index (χ0n) is 18.5. The zero-order valence-corrected chi connectivity index (χ0v) is 18.5. The van der Waals surface area contributed by atoms with E-state index < -0.39 is 6.04 Å². The molecule has 0 radical (unpaired) electrons. The van der Waals surface area contributed by atoms with Crippen molar-refractivity contribution < 1.29 is 9.59 Å². The minimum atomic E-state index is -0.515. The standard InChI is InChI=1S/C26H31N3O2/c1-17(2)24(28-25(30)20-10-8-18(3)9-11-20)26(31)29-14-12-19(13-15-29)22-16-27-23-7-5-4-6-21(22)23/h4-11,16-17,19,24,27H,12-15H2,1-3H3,(H,28,30). The molecule has 0 bridgehead atoms. The van der Waals surface area contributed by atoms with Crippen molar-refractivity contribution in [2.75, 3.05) is 13.1 Å². The fourth-order valence-electron chi connectivity index (χ4n) is 4.48. The van der Waals surface area contributed by atoms with Gasteiger partial charge in [-0.1, -0.05) is 49.7 Å². The molecule has 4 rings (SSSR count). The highest BCUT2D eigenvalue weighted by Crippen LogP contribution is 2.33. The molecule has 1 aromatic heterocycles. The molecule has 1 aliphatic heterocycles. The number of carbonyl (C=O) groups excluding carboxylic acids is 2. The van der Waals surface area contributed by atoms with Crippen LogP contribution in [-0.2, 0) is 4.79 Å². The fourth-order valence-corrected chi connectivity index (χ4v) is 4.48. The first-order valence-electron chi connectivity index (χ1n) is 11.2. The Bertz CT molecular complexity index is 1060. The number of aromatic amines is 1. The number of para-hydroxylation sites is 1. The summed E-state index contributed by atoms with van der Waals surface area (Å²) in [6, 6.07) is 15.3. The minimum absolute atomic E-state index is 0.0211. The van der Waals surface area contributed by atoms with Crippen molar-refractivity contribution in [3.63, 3.8) is 0 Å². The molecule has 3 aromatic rings. The van der Waals surface area contributed by atoms with Crippen LogP contribution in [0.15, 0.2) is 54.7 Å². The van der Waals surface area contributed by atoms with Crippen LogP contribution in [-0.4, -0.2) is 40.8 Å². The first-order valence-corrected chi connectivity index (χ1v) is 11.2. The van der Waals surface area contributed by atoms with Gasteiger partial charge in [-0.15, -0.1) is 0 Å². The molecule has 162 valence electrons. The molecule has 2 amide bonds. The number of likely N-dealkylation sites (tertiary alicyclic amines) is 1. The Balaban J connectivity index is 1.41. The summed E-state index contributed by atoms with van der Waals surface area (Å²) in [5, 5.41) is 4.25. The number of rotatable bonds is 5. The van der Waals surface area contributed by atoms with Crippen LogP contribution in [0.25, 0.3) is 10.9 Å². The molecule has 5 heteroatoms. The molecule has 1 saturated heterocycles. The molecule has 31 heavy (non-hydrogen) atoms. The van der Waals surface area contributed by atoms with Crippen LogP contribution in [0.4, 0.5) is 0 Å². The van der Waals surface area contributed by atoms with Crippen LogP contribution in [0.2, 0.25) is 0 Å². The van der Waals surface area contributed by atoms with Gasteiger partial charge >= 0.3 is 0 Å². The maximum atomic E-state index is 13.3. The van der Waals surface area contributed by atoms with Gasteiger partial charge in [0, 0.05) is 35.8 Å². The van der Waals surface area contributed by atoms with Crippen molar-refractivity contribution in [1.82, 2.24) is 15.2 Å². The number of hydrogen-bond acceptors (Lipinski definition) is 2. The average molecular weight is 418 g/mol. The summed E-state index contributed by atoms with van der Waals surface area (Å²) in [4.78, 5) is 31.3. The number of aryl methyl sites for hydroxylation is 1. The van der Waals surface area contributed by atoms with E-state index in [1.165, 1.54) is 10.9 Å². The van der Waals surface area contributed by atoms with E-state index in [4.69, 9.17) is 0 Å². The van der Waals surface area contributed by atoms with Gasteiger partial charge in [0.15, 0.2) is 0 Å². The molecular weight excluding hydrogens is 386 g/mol. The summed E-state index contributed by atoms with van der Waals surface area (Å²) < 4.78 is 0. The second-order valence-electron chi connectivity index (χ2n) is 8.95. The summed E-state index contributed by atoms with van der Waals surface area (Å²) in [7, 11) is 0. The summed E-state index contributed by atoms with van der Waals surface area (Å²) >= 11 is 0. The molecule has 5 nitrogen and oxygen atoms in total. The number of fused-ring (bicyclic) bond motifs is 1. The van der Waals surface area contributed by atoms with Gasteiger partial charge in [-0.25, -0.2) is 0 Å². The van der Waals surface area contributed by atoms with Crippen LogP contribution in [0.5, 0.6) is 0 Å². The SMILES string of the molecule is Cc1ccc(C(=O)NC(C(=O)N2CCC(c3c[nH]c4ccccc34)CC2)C(C)C)cc1. The highest BCUT2D eigenvalue weighted by atomic mass is 16.2. The molecule has 2 N–H and O–H groups in total. The first-order chi connectivity index (χ1) is 14.9. The number of nitrogens with one attached hydrogen (secondary N) is 2. The molecule has 2 heterocycles. The van der Waals surface area contributed by atoms with Gasteiger partial charge in [-0.05, 0) is 55.4 Å². The van der Waals surface area contributed by atoms with Crippen LogP contribution < -0.4 is 5.32 Å². The number of H-pyrrole nitrogens is 1. The number of aromatic nitrogens is 1. The van der Waals surface area contributed by atoms with E-state index in [1.54, 1.807) is 12.1 Å². The van der Waals surface area contributed by atoms with Gasteiger partial charge in [-0.3, -0.25) is 9.59 Å². The summed E-state index contributed by atoms with van der Waals surface area (Å²) in [6.07, 6.45) is 3.99. The lowest BCUT2D eigenvalue weighted by Gasteiger charge is -2.35. The highest BCUT2D eigenvalue weighted by Gasteiger charge is 2.32. The van der Waals surface area contributed by atoms with Crippen LogP contribution >= 0.6 is 0 Å². The van der Waals surface area contributed by atoms with Crippen molar-refractivity contribution in [2.45, 2.75) is 45.6 Å². The molecular formula is C26H31N3O2. The molecule has 0 spiro atoms. The van der Waals surface area contributed by atoms with Crippen molar-refractivity contribution in [2.24, 2.45) is 5.92 Å². The second-order valence-corrected chi connectivity index (χ2v) is 8.95. The lowest BCUT2D eigenvalue weighted by molar-refractivity contribution is -0.135. The van der Waals surface area contributed by atoms with Crippen molar-refractivity contribution >= 4 is 22.7 Å². The Labute approximate surface area is 183 Å². The minimum Gasteiger partial charge on any atom is -0.361 e. The lowest BCUT2D eigenvalue weighted by Crippen LogP contribution is -2.52. The Hall–Kier alpha value is -3.08. The largest absolute Gasteiger partial charge is 0.361 e. The van der Waals surface area contributed by atoms with E-state index in [-0.39, 0.29) is 17.7 Å². The quantitative estimate of drug-likeness (QED) is 0.635. The number of piperidine rings is 1. The van der Waals surface area contributed by atoms with Crippen LogP contribution in [0, 0.1) is 12.8 Å². The molecule has 1 atom stereocenters. The number of hydrogen-bond donors (Lipinski definition) is 2. The van der Waals surface area contributed by atoms with Crippen molar-refractivity contribution in [3.8, 4) is 0 Å².